The lowest BCUT2D eigenvalue weighted by Crippen LogP contribution is -2.23. The molecule has 0 amide bonds. The minimum absolute atomic E-state index is 0.288. The molecule has 0 bridgehead atoms. The molecule has 1 heterocycles. The average molecular weight is 274 g/mol. The lowest BCUT2D eigenvalue weighted by molar-refractivity contribution is 0.491. The quantitative estimate of drug-likeness (QED) is 0.889. The van der Waals surface area contributed by atoms with Gasteiger partial charge in [-0.05, 0) is 56.9 Å². The molecule has 0 fully saturated rings. The average Bonchev–Trinajstić information content (AvgIpc) is 2.87. The number of rotatable bonds is 4. The first-order valence-electron chi connectivity index (χ1n) is 6.72. The number of nitrogens with one attached hydrogen (secondary N) is 1. The van der Waals surface area contributed by atoms with Crippen LogP contribution >= 0.6 is 11.3 Å². The summed E-state index contributed by atoms with van der Waals surface area (Å²) in [7, 11) is 0. The minimum atomic E-state index is 0.288. The third-order valence-corrected chi connectivity index (χ3v) is 4.63. The molecule has 1 aromatic carbocycles. The SMILES string of the molecule is Cc1cc(C)c(C(C)NC(C)c2nccs2)cc1C. The van der Waals surface area contributed by atoms with Gasteiger partial charge in [0.15, 0.2) is 0 Å². The molecule has 2 aromatic rings. The lowest BCUT2D eigenvalue weighted by atomic mass is 9.96. The van der Waals surface area contributed by atoms with E-state index in [2.05, 4.69) is 57.1 Å². The van der Waals surface area contributed by atoms with Gasteiger partial charge in [-0.3, -0.25) is 0 Å². The van der Waals surface area contributed by atoms with E-state index in [9.17, 15) is 0 Å². The van der Waals surface area contributed by atoms with Crippen LogP contribution in [0.25, 0.3) is 0 Å². The van der Waals surface area contributed by atoms with Crippen LogP contribution in [0.4, 0.5) is 0 Å². The van der Waals surface area contributed by atoms with E-state index in [0.717, 1.165) is 5.01 Å². The standard InChI is InChI=1S/C16H22N2S/c1-10-8-12(3)15(9-11(10)2)13(4)18-14(5)16-17-6-7-19-16/h6-9,13-14,18H,1-5H3. The Balaban J connectivity index is 2.16. The first kappa shape index (κ1) is 14.2. The van der Waals surface area contributed by atoms with Gasteiger partial charge in [0, 0.05) is 17.6 Å². The molecule has 2 unspecified atom stereocenters. The number of hydrogen-bond acceptors (Lipinski definition) is 3. The summed E-state index contributed by atoms with van der Waals surface area (Å²) in [6.45, 7) is 10.9. The Morgan fingerprint density at radius 3 is 2.32 bits per heavy atom. The van der Waals surface area contributed by atoms with Gasteiger partial charge in [0.2, 0.25) is 0 Å². The van der Waals surface area contributed by atoms with Crippen molar-refractivity contribution in [3.63, 3.8) is 0 Å². The van der Waals surface area contributed by atoms with Crippen LogP contribution in [0.3, 0.4) is 0 Å². The Bertz CT molecular complexity index is 546. The molecule has 0 aliphatic rings. The van der Waals surface area contributed by atoms with Gasteiger partial charge in [-0.15, -0.1) is 11.3 Å². The molecule has 1 aromatic heterocycles. The molecule has 0 spiro atoms. The monoisotopic (exact) mass is 274 g/mol. The molecule has 19 heavy (non-hydrogen) atoms. The van der Waals surface area contributed by atoms with Crippen LogP contribution in [0.2, 0.25) is 0 Å². The Hall–Kier alpha value is -1.19. The number of hydrogen-bond donors (Lipinski definition) is 1. The molecule has 0 saturated carbocycles. The fourth-order valence-electron chi connectivity index (χ4n) is 2.43. The Morgan fingerprint density at radius 2 is 1.68 bits per heavy atom. The maximum atomic E-state index is 4.37. The Labute approximate surface area is 119 Å². The second kappa shape index (κ2) is 5.85. The Morgan fingerprint density at radius 1 is 1.00 bits per heavy atom. The van der Waals surface area contributed by atoms with Crippen LogP contribution in [-0.4, -0.2) is 4.98 Å². The highest BCUT2D eigenvalue weighted by atomic mass is 32.1. The summed E-state index contributed by atoms with van der Waals surface area (Å²) in [6.07, 6.45) is 1.87. The van der Waals surface area contributed by atoms with Crippen molar-refractivity contribution in [2.75, 3.05) is 0 Å². The van der Waals surface area contributed by atoms with Crippen LogP contribution in [0.5, 0.6) is 0 Å². The smallest absolute Gasteiger partial charge is 0.109 e. The van der Waals surface area contributed by atoms with Gasteiger partial charge in [0.1, 0.15) is 5.01 Å². The van der Waals surface area contributed by atoms with E-state index in [-0.39, 0.29) is 6.04 Å². The van der Waals surface area contributed by atoms with Crippen molar-refractivity contribution in [1.82, 2.24) is 10.3 Å². The predicted octanol–water partition coefficient (Wildman–Crippen LogP) is 4.48. The molecular formula is C16H22N2S. The van der Waals surface area contributed by atoms with Gasteiger partial charge in [-0.25, -0.2) is 4.98 Å². The summed E-state index contributed by atoms with van der Waals surface area (Å²) in [6, 6.07) is 5.20. The van der Waals surface area contributed by atoms with Crippen molar-refractivity contribution in [2.45, 2.75) is 46.7 Å². The number of benzene rings is 1. The number of aromatic nitrogens is 1. The first-order valence-corrected chi connectivity index (χ1v) is 7.60. The minimum Gasteiger partial charge on any atom is -0.302 e. The zero-order valence-corrected chi connectivity index (χ0v) is 13.1. The van der Waals surface area contributed by atoms with Gasteiger partial charge >= 0.3 is 0 Å². The summed E-state index contributed by atoms with van der Waals surface area (Å²) in [5, 5.41) is 6.81. The van der Waals surface area contributed by atoms with E-state index in [1.807, 2.05) is 11.6 Å². The van der Waals surface area contributed by atoms with Gasteiger partial charge in [-0.2, -0.15) is 0 Å². The molecule has 2 rings (SSSR count). The maximum Gasteiger partial charge on any atom is 0.109 e. The molecule has 0 aliphatic heterocycles. The third-order valence-electron chi connectivity index (χ3n) is 3.67. The van der Waals surface area contributed by atoms with Gasteiger partial charge in [-0.1, -0.05) is 12.1 Å². The second-order valence-electron chi connectivity index (χ2n) is 5.27. The molecule has 1 N–H and O–H groups in total. The molecule has 2 atom stereocenters. The first-order chi connectivity index (χ1) is 8.99. The van der Waals surface area contributed by atoms with E-state index < -0.39 is 0 Å². The van der Waals surface area contributed by atoms with Crippen molar-refractivity contribution in [2.24, 2.45) is 0 Å². The predicted molar refractivity (Wildman–Crippen MR) is 82.7 cm³/mol. The van der Waals surface area contributed by atoms with Crippen LogP contribution in [0, 0.1) is 20.8 Å². The normalized spacial score (nSPS) is 14.4. The van der Waals surface area contributed by atoms with Crippen molar-refractivity contribution in [1.29, 1.82) is 0 Å². The number of nitrogens with zero attached hydrogens (tertiary/aromatic N) is 1. The Kier molecular flexibility index (Phi) is 4.38. The van der Waals surface area contributed by atoms with Crippen LogP contribution in [0.15, 0.2) is 23.7 Å². The molecule has 0 aliphatic carbocycles. The van der Waals surface area contributed by atoms with E-state index in [0.29, 0.717) is 6.04 Å². The number of aryl methyl sites for hydroxylation is 3. The molecule has 2 nitrogen and oxygen atoms in total. The van der Waals surface area contributed by atoms with Gasteiger partial charge < -0.3 is 5.32 Å². The fourth-order valence-corrected chi connectivity index (χ4v) is 3.09. The molecule has 3 heteroatoms. The third kappa shape index (κ3) is 3.23. The lowest BCUT2D eigenvalue weighted by Gasteiger charge is -2.21. The van der Waals surface area contributed by atoms with Crippen LogP contribution < -0.4 is 5.32 Å². The number of thiazole rings is 1. The largest absolute Gasteiger partial charge is 0.302 e. The summed E-state index contributed by atoms with van der Waals surface area (Å²) < 4.78 is 0. The summed E-state index contributed by atoms with van der Waals surface area (Å²) in [5.74, 6) is 0. The van der Waals surface area contributed by atoms with E-state index in [1.54, 1.807) is 11.3 Å². The molecule has 0 radical (unpaired) electrons. The molecule has 0 saturated heterocycles. The second-order valence-corrected chi connectivity index (χ2v) is 6.20. The zero-order chi connectivity index (χ0) is 14.0. The van der Waals surface area contributed by atoms with E-state index in [1.165, 1.54) is 22.3 Å². The van der Waals surface area contributed by atoms with Gasteiger partial charge in [0.05, 0.1) is 6.04 Å². The summed E-state index contributed by atoms with van der Waals surface area (Å²) in [5.41, 5.74) is 5.46. The van der Waals surface area contributed by atoms with E-state index in [4.69, 9.17) is 0 Å². The van der Waals surface area contributed by atoms with Crippen molar-refractivity contribution in [3.8, 4) is 0 Å². The zero-order valence-electron chi connectivity index (χ0n) is 12.3. The highest BCUT2D eigenvalue weighted by Crippen LogP contribution is 2.25. The fraction of sp³-hybridized carbons (Fsp3) is 0.438. The molecular weight excluding hydrogens is 252 g/mol. The van der Waals surface area contributed by atoms with E-state index >= 15 is 0 Å². The maximum absolute atomic E-state index is 4.37. The van der Waals surface area contributed by atoms with Crippen LogP contribution in [0.1, 0.15) is 53.2 Å². The topological polar surface area (TPSA) is 24.9 Å². The van der Waals surface area contributed by atoms with Gasteiger partial charge in [0.25, 0.3) is 0 Å². The summed E-state index contributed by atoms with van der Waals surface area (Å²) in [4.78, 5) is 4.37. The highest BCUT2D eigenvalue weighted by Gasteiger charge is 2.15. The highest BCUT2D eigenvalue weighted by molar-refractivity contribution is 7.09. The van der Waals surface area contributed by atoms with Crippen LogP contribution in [-0.2, 0) is 0 Å². The summed E-state index contributed by atoms with van der Waals surface area (Å²) >= 11 is 1.70. The van der Waals surface area contributed by atoms with Crippen molar-refractivity contribution < 1.29 is 0 Å². The molecule has 102 valence electrons. The van der Waals surface area contributed by atoms with Crippen molar-refractivity contribution in [3.05, 3.63) is 51.0 Å². The van der Waals surface area contributed by atoms with Crippen molar-refractivity contribution >= 4 is 11.3 Å².